The molecule has 2 aromatic rings. The fraction of sp³-hybridized carbons (Fsp3) is 0.200. The van der Waals surface area contributed by atoms with E-state index in [1.54, 1.807) is 18.9 Å². The molecule has 0 bridgehead atoms. The van der Waals surface area contributed by atoms with Crippen molar-refractivity contribution in [1.29, 1.82) is 0 Å². The Bertz CT molecular complexity index is 689. The van der Waals surface area contributed by atoms with E-state index in [9.17, 15) is 0 Å². The normalized spacial score (nSPS) is 16.6. The maximum absolute atomic E-state index is 5.95. The predicted molar refractivity (Wildman–Crippen MR) is 89.4 cm³/mol. The number of hydrogen-bond acceptors (Lipinski definition) is 5. The van der Waals surface area contributed by atoms with Crippen molar-refractivity contribution in [2.75, 3.05) is 13.4 Å². The standard InChI is InChI=1S/C15H13ClN2OS2/c1-19-13-11-7-8-12(9-3-5-10(16)6-4-9)21-14(11)18-15(17-13)20-2/h3-8,12H,1-2H3. The molecule has 1 aliphatic heterocycles. The van der Waals surface area contributed by atoms with Gasteiger partial charge in [0.05, 0.1) is 17.9 Å². The summed E-state index contributed by atoms with van der Waals surface area (Å²) < 4.78 is 5.37. The smallest absolute Gasteiger partial charge is 0.225 e. The van der Waals surface area contributed by atoms with E-state index in [1.807, 2.05) is 36.6 Å². The Kier molecular flexibility index (Phi) is 4.42. The highest BCUT2D eigenvalue weighted by molar-refractivity contribution is 8.00. The second-order valence-electron chi connectivity index (χ2n) is 4.39. The van der Waals surface area contributed by atoms with E-state index in [-0.39, 0.29) is 5.25 Å². The quantitative estimate of drug-likeness (QED) is 0.460. The van der Waals surface area contributed by atoms with Gasteiger partial charge in [-0.2, -0.15) is 4.98 Å². The minimum absolute atomic E-state index is 0.226. The first-order valence-electron chi connectivity index (χ1n) is 6.31. The van der Waals surface area contributed by atoms with Crippen molar-refractivity contribution in [3.05, 3.63) is 46.5 Å². The van der Waals surface area contributed by atoms with Crippen LogP contribution in [0.15, 0.2) is 40.5 Å². The highest BCUT2D eigenvalue weighted by Crippen LogP contribution is 2.44. The maximum Gasteiger partial charge on any atom is 0.225 e. The van der Waals surface area contributed by atoms with Crippen LogP contribution in [0.3, 0.4) is 0 Å². The van der Waals surface area contributed by atoms with Crippen molar-refractivity contribution in [2.24, 2.45) is 0 Å². The molecule has 0 N–H and O–H groups in total. The largest absolute Gasteiger partial charge is 0.480 e. The number of halogens is 1. The molecule has 2 heterocycles. The van der Waals surface area contributed by atoms with Gasteiger partial charge in [0.2, 0.25) is 5.88 Å². The highest BCUT2D eigenvalue weighted by atomic mass is 35.5. The summed E-state index contributed by atoms with van der Waals surface area (Å²) in [6, 6.07) is 7.91. The van der Waals surface area contributed by atoms with Crippen LogP contribution >= 0.6 is 35.1 Å². The molecule has 0 radical (unpaired) electrons. The average molecular weight is 337 g/mol. The molecule has 0 saturated heterocycles. The van der Waals surface area contributed by atoms with Crippen molar-refractivity contribution < 1.29 is 4.74 Å². The summed E-state index contributed by atoms with van der Waals surface area (Å²) in [4.78, 5) is 8.97. The van der Waals surface area contributed by atoms with Crippen LogP contribution in [0.5, 0.6) is 5.88 Å². The van der Waals surface area contributed by atoms with Crippen LogP contribution < -0.4 is 4.74 Å². The third kappa shape index (κ3) is 3.05. The minimum Gasteiger partial charge on any atom is -0.480 e. The van der Waals surface area contributed by atoms with E-state index in [2.05, 4.69) is 16.0 Å². The number of methoxy groups -OCH3 is 1. The summed E-state index contributed by atoms with van der Waals surface area (Å²) in [5, 5.41) is 2.65. The minimum atomic E-state index is 0.226. The number of nitrogens with zero attached hydrogens (tertiary/aromatic N) is 2. The van der Waals surface area contributed by atoms with Gasteiger partial charge in [-0.3, -0.25) is 0 Å². The average Bonchev–Trinajstić information content (AvgIpc) is 2.53. The Balaban J connectivity index is 1.97. The molecule has 0 saturated carbocycles. The van der Waals surface area contributed by atoms with Gasteiger partial charge in [-0.15, -0.1) is 0 Å². The lowest BCUT2D eigenvalue weighted by molar-refractivity contribution is 0.388. The van der Waals surface area contributed by atoms with Gasteiger partial charge in [-0.05, 0) is 30.0 Å². The van der Waals surface area contributed by atoms with Crippen LogP contribution in [-0.2, 0) is 0 Å². The second kappa shape index (κ2) is 6.30. The van der Waals surface area contributed by atoms with Gasteiger partial charge >= 0.3 is 0 Å². The zero-order valence-corrected chi connectivity index (χ0v) is 13.9. The summed E-state index contributed by atoms with van der Waals surface area (Å²) in [6.45, 7) is 0. The number of thioether (sulfide) groups is 2. The molecule has 1 aromatic heterocycles. The van der Waals surface area contributed by atoms with Crippen molar-refractivity contribution >= 4 is 41.2 Å². The van der Waals surface area contributed by atoms with Gasteiger partial charge in [0.15, 0.2) is 5.16 Å². The van der Waals surface area contributed by atoms with E-state index in [0.717, 1.165) is 20.8 Å². The van der Waals surface area contributed by atoms with Crippen LogP contribution in [0.25, 0.3) is 6.08 Å². The number of rotatable bonds is 3. The molecular weight excluding hydrogens is 324 g/mol. The predicted octanol–water partition coefficient (Wildman–Crippen LogP) is 4.72. The van der Waals surface area contributed by atoms with Crippen LogP contribution in [0.1, 0.15) is 16.4 Å². The Morgan fingerprint density at radius 1 is 1.24 bits per heavy atom. The van der Waals surface area contributed by atoms with Crippen LogP contribution in [0.2, 0.25) is 5.02 Å². The third-order valence-corrected chi connectivity index (χ3v) is 5.12. The summed E-state index contributed by atoms with van der Waals surface area (Å²) in [5.74, 6) is 0.627. The number of fused-ring (bicyclic) bond motifs is 1. The third-order valence-electron chi connectivity index (χ3n) is 3.11. The molecule has 108 valence electrons. The van der Waals surface area contributed by atoms with E-state index in [0.29, 0.717) is 5.88 Å². The van der Waals surface area contributed by atoms with Gasteiger partial charge in [0.1, 0.15) is 5.03 Å². The van der Waals surface area contributed by atoms with Gasteiger partial charge in [-0.25, -0.2) is 4.98 Å². The fourth-order valence-electron chi connectivity index (χ4n) is 2.06. The molecule has 1 aromatic carbocycles. The zero-order valence-electron chi connectivity index (χ0n) is 11.5. The van der Waals surface area contributed by atoms with Crippen molar-refractivity contribution in [3.8, 4) is 5.88 Å². The molecule has 0 fully saturated rings. The first-order chi connectivity index (χ1) is 10.2. The molecule has 1 aliphatic rings. The van der Waals surface area contributed by atoms with Gasteiger partial charge in [0.25, 0.3) is 0 Å². The lowest BCUT2D eigenvalue weighted by Gasteiger charge is -2.20. The van der Waals surface area contributed by atoms with Crippen LogP contribution in [0, 0.1) is 0 Å². The van der Waals surface area contributed by atoms with Gasteiger partial charge < -0.3 is 4.74 Å². The molecule has 1 unspecified atom stereocenters. The Labute approximate surface area is 137 Å². The lowest BCUT2D eigenvalue weighted by atomic mass is 10.1. The van der Waals surface area contributed by atoms with E-state index in [1.165, 1.54) is 17.3 Å². The molecule has 21 heavy (non-hydrogen) atoms. The number of benzene rings is 1. The molecule has 1 atom stereocenters. The van der Waals surface area contributed by atoms with E-state index >= 15 is 0 Å². The summed E-state index contributed by atoms with van der Waals surface area (Å²) in [7, 11) is 1.64. The topological polar surface area (TPSA) is 35.0 Å². The zero-order chi connectivity index (χ0) is 14.8. The van der Waals surface area contributed by atoms with Crippen molar-refractivity contribution in [2.45, 2.75) is 15.4 Å². The van der Waals surface area contributed by atoms with E-state index < -0.39 is 0 Å². The van der Waals surface area contributed by atoms with Crippen molar-refractivity contribution in [1.82, 2.24) is 9.97 Å². The van der Waals surface area contributed by atoms with Gasteiger partial charge in [0, 0.05) is 5.02 Å². The maximum atomic E-state index is 5.95. The summed E-state index contributed by atoms with van der Waals surface area (Å²) in [6.07, 6.45) is 6.14. The second-order valence-corrected chi connectivity index (χ2v) is 6.73. The Morgan fingerprint density at radius 2 is 2.00 bits per heavy atom. The number of ether oxygens (including phenoxy) is 1. The first kappa shape index (κ1) is 14.8. The number of hydrogen-bond donors (Lipinski definition) is 0. The Hall–Kier alpha value is -1.17. The van der Waals surface area contributed by atoms with E-state index in [4.69, 9.17) is 16.3 Å². The molecule has 0 aliphatic carbocycles. The monoisotopic (exact) mass is 336 g/mol. The first-order valence-corrected chi connectivity index (χ1v) is 8.80. The van der Waals surface area contributed by atoms with Crippen LogP contribution in [0.4, 0.5) is 0 Å². The van der Waals surface area contributed by atoms with Crippen molar-refractivity contribution in [3.63, 3.8) is 0 Å². The SMILES string of the molecule is COc1nc(SC)nc2c1C=CC(c1ccc(Cl)cc1)S2. The Morgan fingerprint density at radius 3 is 2.67 bits per heavy atom. The molecule has 3 nitrogen and oxygen atoms in total. The molecule has 3 rings (SSSR count). The molecule has 0 spiro atoms. The van der Waals surface area contributed by atoms with Gasteiger partial charge in [-0.1, -0.05) is 53.3 Å². The molecule has 6 heteroatoms. The molecular formula is C15H13ClN2OS2. The number of aromatic nitrogens is 2. The lowest BCUT2D eigenvalue weighted by Crippen LogP contribution is -2.03. The summed E-state index contributed by atoms with van der Waals surface area (Å²) in [5.41, 5.74) is 2.15. The molecule has 0 amide bonds. The fourth-order valence-corrected chi connectivity index (χ4v) is 3.72. The summed E-state index contributed by atoms with van der Waals surface area (Å²) >= 11 is 9.16. The highest BCUT2D eigenvalue weighted by Gasteiger charge is 2.22. The van der Waals surface area contributed by atoms with Crippen LogP contribution in [-0.4, -0.2) is 23.3 Å².